The number of rotatable bonds is 2. The highest BCUT2D eigenvalue weighted by Gasteiger charge is 2.30. The molecule has 0 aliphatic rings. The number of pyridine rings is 1. The van der Waals surface area contributed by atoms with Crippen LogP contribution in [0.15, 0.2) is 41.3 Å². The van der Waals surface area contributed by atoms with Crippen LogP contribution in [0.1, 0.15) is 15.9 Å². The number of alkyl halides is 3. The molecular weight excluding hydrogens is 259 g/mol. The molecule has 98 valence electrons. The number of hydrogen-bond donors (Lipinski definition) is 1. The van der Waals surface area contributed by atoms with Gasteiger partial charge in [-0.1, -0.05) is 12.1 Å². The van der Waals surface area contributed by atoms with E-state index in [-0.39, 0.29) is 5.56 Å². The Morgan fingerprint density at radius 1 is 1.11 bits per heavy atom. The largest absolute Gasteiger partial charge is 0.416 e. The molecule has 0 radical (unpaired) electrons. The van der Waals surface area contributed by atoms with Gasteiger partial charge in [-0.15, -0.1) is 0 Å². The molecule has 3 nitrogen and oxygen atoms in total. The fourth-order valence-corrected chi connectivity index (χ4v) is 1.67. The second-order valence-electron chi connectivity index (χ2n) is 3.86. The molecule has 2 rings (SSSR count). The summed E-state index contributed by atoms with van der Waals surface area (Å²) < 4.78 is 37.3. The van der Waals surface area contributed by atoms with Gasteiger partial charge in [0.05, 0.1) is 5.56 Å². The molecule has 0 saturated heterocycles. The minimum Gasteiger partial charge on any atom is -0.328 e. The lowest BCUT2D eigenvalue weighted by atomic mass is 10.0. The Morgan fingerprint density at radius 2 is 1.74 bits per heavy atom. The molecule has 1 N–H and O–H groups in total. The second-order valence-corrected chi connectivity index (χ2v) is 3.86. The van der Waals surface area contributed by atoms with Crippen molar-refractivity contribution in [1.29, 1.82) is 0 Å². The Labute approximate surface area is 105 Å². The third-order valence-corrected chi connectivity index (χ3v) is 2.61. The number of benzene rings is 1. The molecule has 0 unspecified atom stereocenters. The highest BCUT2D eigenvalue weighted by Crippen LogP contribution is 2.31. The van der Waals surface area contributed by atoms with E-state index in [1.807, 2.05) is 0 Å². The van der Waals surface area contributed by atoms with Gasteiger partial charge < -0.3 is 4.98 Å². The van der Waals surface area contributed by atoms with E-state index in [1.165, 1.54) is 18.3 Å². The number of carbonyl (C=O) groups is 1. The molecule has 0 amide bonds. The predicted molar refractivity (Wildman–Crippen MR) is 62.9 cm³/mol. The average Bonchev–Trinajstić information content (AvgIpc) is 2.37. The third-order valence-electron chi connectivity index (χ3n) is 2.61. The standard InChI is InChI=1S/C13H8F3NO2/c14-13(15,16)10-3-1-8(2-4-10)11-6-17-12(19)5-9(11)7-18/h1-7H,(H,17,19). The van der Waals surface area contributed by atoms with E-state index in [9.17, 15) is 22.8 Å². The average molecular weight is 267 g/mol. The number of aromatic nitrogens is 1. The van der Waals surface area contributed by atoms with E-state index in [2.05, 4.69) is 4.98 Å². The molecule has 1 aromatic heterocycles. The van der Waals surface area contributed by atoms with Gasteiger partial charge in [-0.25, -0.2) is 0 Å². The van der Waals surface area contributed by atoms with Gasteiger partial charge in [0.25, 0.3) is 0 Å². The van der Waals surface area contributed by atoms with Crippen molar-refractivity contribution in [1.82, 2.24) is 4.98 Å². The van der Waals surface area contributed by atoms with Crippen LogP contribution in [0.4, 0.5) is 13.2 Å². The summed E-state index contributed by atoms with van der Waals surface area (Å²) in [6, 6.07) is 5.46. The van der Waals surface area contributed by atoms with Crippen molar-refractivity contribution in [2.24, 2.45) is 0 Å². The van der Waals surface area contributed by atoms with Crippen LogP contribution in [0.3, 0.4) is 0 Å². The van der Waals surface area contributed by atoms with Crippen LogP contribution in [-0.2, 0) is 6.18 Å². The first kappa shape index (κ1) is 13.1. The first-order valence-electron chi connectivity index (χ1n) is 5.27. The molecule has 0 aliphatic carbocycles. The van der Waals surface area contributed by atoms with E-state index in [4.69, 9.17) is 0 Å². The highest BCUT2D eigenvalue weighted by atomic mass is 19.4. The molecule has 0 aliphatic heterocycles. The van der Waals surface area contributed by atoms with Gasteiger partial charge in [0, 0.05) is 23.4 Å². The van der Waals surface area contributed by atoms with E-state index in [1.54, 1.807) is 0 Å². The summed E-state index contributed by atoms with van der Waals surface area (Å²) in [7, 11) is 0. The number of hydrogen-bond acceptors (Lipinski definition) is 2. The summed E-state index contributed by atoms with van der Waals surface area (Å²) >= 11 is 0. The second kappa shape index (κ2) is 4.72. The molecule has 2 aromatic rings. The third kappa shape index (κ3) is 2.73. The molecule has 0 saturated carbocycles. The summed E-state index contributed by atoms with van der Waals surface area (Å²) in [5, 5.41) is 0. The maximum absolute atomic E-state index is 12.4. The van der Waals surface area contributed by atoms with Crippen molar-refractivity contribution in [3.05, 3.63) is 58.0 Å². The fourth-order valence-electron chi connectivity index (χ4n) is 1.67. The SMILES string of the molecule is O=Cc1cc(=O)[nH]cc1-c1ccc(C(F)(F)F)cc1. The molecule has 1 heterocycles. The highest BCUT2D eigenvalue weighted by molar-refractivity contribution is 5.86. The Kier molecular flexibility index (Phi) is 3.25. The van der Waals surface area contributed by atoms with Gasteiger partial charge >= 0.3 is 6.18 Å². The molecule has 0 bridgehead atoms. The van der Waals surface area contributed by atoms with Crippen LogP contribution in [0.2, 0.25) is 0 Å². The zero-order valence-corrected chi connectivity index (χ0v) is 9.49. The van der Waals surface area contributed by atoms with E-state index < -0.39 is 17.3 Å². The first-order valence-corrected chi connectivity index (χ1v) is 5.27. The normalized spacial score (nSPS) is 11.3. The monoisotopic (exact) mass is 267 g/mol. The van der Waals surface area contributed by atoms with Gasteiger partial charge in [-0.05, 0) is 17.7 Å². The molecule has 19 heavy (non-hydrogen) atoms. The van der Waals surface area contributed by atoms with Crippen LogP contribution in [0.5, 0.6) is 0 Å². The number of nitrogens with one attached hydrogen (secondary N) is 1. The van der Waals surface area contributed by atoms with Crippen LogP contribution in [0.25, 0.3) is 11.1 Å². The number of halogens is 3. The number of carbonyl (C=O) groups excluding carboxylic acids is 1. The first-order chi connectivity index (χ1) is 8.91. The number of aldehydes is 1. The molecule has 0 fully saturated rings. The molecule has 0 atom stereocenters. The van der Waals surface area contributed by atoms with Gasteiger partial charge in [0.1, 0.15) is 0 Å². The minimum atomic E-state index is -4.41. The Hall–Kier alpha value is -2.37. The van der Waals surface area contributed by atoms with Crippen LogP contribution < -0.4 is 5.56 Å². The zero-order valence-electron chi connectivity index (χ0n) is 9.49. The lowest BCUT2D eigenvalue weighted by molar-refractivity contribution is -0.137. The Balaban J connectivity index is 2.49. The Morgan fingerprint density at radius 3 is 2.26 bits per heavy atom. The van der Waals surface area contributed by atoms with Crippen LogP contribution >= 0.6 is 0 Å². The van der Waals surface area contributed by atoms with Gasteiger partial charge in [0.15, 0.2) is 6.29 Å². The molecule has 1 aromatic carbocycles. The number of H-pyrrole nitrogens is 1. The summed E-state index contributed by atoms with van der Waals surface area (Å²) in [6.07, 6.45) is -2.62. The van der Waals surface area contributed by atoms with E-state index >= 15 is 0 Å². The molecule has 6 heteroatoms. The van der Waals surface area contributed by atoms with Gasteiger partial charge in [0.2, 0.25) is 5.56 Å². The molecule has 0 spiro atoms. The summed E-state index contributed by atoms with van der Waals surface area (Å²) in [6.45, 7) is 0. The van der Waals surface area contributed by atoms with Crippen LogP contribution in [0, 0.1) is 0 Å². The Bertz CT molecular complexity index is 657. The minimum absolute atomic E-state index is 0.128. The smallest absolute Gasteiger partial charge is 0.328 e. The van der Waals surface area contributed by atoms with Gasteiger partial charge in [-0.3, -0.25) is 9.59 Å². The molecular formula is C13H8F3NO2. The topological polar surface area (TPSA) is 49.9 Å². The van der Waals surface area contributed by atoms with Gasteiger partial charge in [-0.2, -0.15) is 13.2 Å². The maximum Gasteiger partial charge on any atom is 0.416 e. The maximum atomic E-state index is 12.4. The van der Waals surface area contributed by atoms with Crippen molar-refractivity contribution in [2.75, 3.05) is 0 Å². The van der Waals surface area contributed by atoms with Crippen molar-refractivity contribution in [3.63, 3.8) is 0 Å². The van der Waals surface area contributed by atoms with Crippen molar-refractivity contribution in [3.8, 4) is 11.1 Å². The van der Waals surface area contributed by atoms with Crippen molar-refractivity contribution < 1.29 is 18.0 Å². The summed E-state index contributed by atoms with van der Waals surface area (Å²) in [5.74, 6) is 0. The van der Waals surface area contributed by atoms with E-state index in [0.717, 1.165) is 18.2 Å². The summed E-state index contributed by atoms with van der Waals surface area (Å²) in [4.78, 5) is 24.3. The van der Waals surface area contributed by atoms with Crippen molar-refractivity contribution in [2.45, 2.75) is 6.18 Å². The number of aromatic amines is 1. The quantitative estimate of drug-likeness (QED) is 0.850. The lowest BCUT2D eigenvalue weighted by Gasteiger charge is -2.08. The fraction of sp³-hybridized carbons (Fsp3) is 0.0769. The lowest BCUT2D eigenvalue weighted by Crippen LogP contribution is -2.06. The van der Waals surface area contributed by atoms with Crippen LogP contribution in [-0.4, -0.2) is 11.3 Å². The zero-order chi connectivity index (χ0) is 14.0. The predicted octanol–water partition coefficient (Wildman–Crippen LogP) is 2.87. The summed E-state index contributed by atoms with van der Waals surface area (Å²) in [5.41, 5.74) is -0.288. The van der Waals surface area contributed by atoms with Crippen molar-refractivity contribution >= 4 is 6.29 Å². The van der Waals surface area contributed by atoms with E-state index in [0.29, 0.717) is 17.4 Å².